The Bertz CT molecular complexity index is 474. The van der Waals surface area contributed by atoms with E-state index in [-0.39, 0.29) is 23.2 Å². The Morgan fingerprint density at radius 1 is 1.35 bits per heavy atom. The molecule has 1 aromatic rings. The van der Waals surface area contributed by atoms with E-state index in [0.29, 0.717) is 6.42 Å². The molecule has 1 rings (SSSR count). The highest BCUT2D eigenvalue weighted by atomic mass is 16.5. The second kappa shape index (κ2) is 7.09. The third-order valence-electron chi connectivity index (χ3n) is 3.78. The van der Waals surface area contributed by atoms with Crippen molar-refractivity contribution >= 4 is 5.97 Å². The molecular formula is C17H23NO2. The molecule has 0 spiro atoms. The van der Waals surface area contributed by atoms with E-state index in [1.54, 1.807) is 0 Å². The monoisotopic (exact) mass is 273 g/mol. The molecule has 0 saturated carbocycles. The van der Waals surface area contributed by atoms with Gasteiger partial charge in [-0.05, 0) is 30.2 Å². The summed E-state index contributed by atoms with van der Waals surface area (Å²) in [5, 5.41) is 9.08. The predicted octanol–water partition coefficient (Wildman–Crippen LogP) is 3.91. The third-order valence-corrected chi connectivity index (χ3v) is 3.78. The number of hydrogen-bond acceptors (Lipinski definition) is 3. The van der Waals surface area contributed by atoms with E-state index in [9.17, 15) is 4.79 Å². The molecule has 0 aliphatic rings. The van der Waals surface area contributed by atoms with Gasteiger partial charge in [0.2, 0.25) is 0 Å². The standard InChI is InChI=1S/C17H23NO2/c1-13(12-18)10-15(14-8-6-5-7-9-14)17(2,3)11-16(19)20-4/h5-9,13,15H,10-11H2,1-4H3. The Hall–Kier alpha value is -1.82. The SMILES string of the molecule is COC(=O)CC(C)(C)C(CC(C)C#N)c1ccccc1. The molecule has 0 heterocycles. The fourth-order valence-electron chi connectivity index (χ4n) is 2.57. The fraction of sp³-hybridized carbons (Fsp3) is 0.529. The second-order valence-corrected chi connectivity index (χ2v) is 5.97. The molecule has 2 unspecified atom stereocenters. The van der Waals surface area contributed by atoms with E-state index in [4.69, 9.17) is 10.00 Å². The van der Waals surface area contributed by atoms with Gasteiger partial charge in [0.15, 0.2) is 0 Å². The molecule has 0 N–H and O–H groups in total. The average molecular weight is 273 g/mol. The summed E-state index contributed by atoms with van der Waals surface area (Å²) in [6, 6.07) is 12.4. The molecule has 1 aromatic carbocycles. The molecule has 0 amide bonds. The van der Waals surface area contributed by atoms with Crippen molar-refractivity contribution in [1.82, 2.24) is 0 Å². The first-order chi connectivity index (χ1) is 9.40. The lowest BCUT2D eigenvalue weighted by atomic mass is 9.69. The van der Waals surface area contributed by atoms with Crippen molar-refractivity contribution in [1.29, 1.82) is 5.26 Å². The molecule has 3 heteroatoms. The molecule has 0 bridgehead atoms. The van der Waals surface area contributed by atoms with Crippen LogP contribution in [0.4, 0.5) is 0 Å². The number of rotatable bonds is 6. The molecular weight excluding hydrogens is 250 g/mol. The number of nitrogens with zero attached hydrogens (tertiary/aromatic N) is 1. The number of benzene rings is 1. The number of hydrogen-bond donors (Lipinski definition) is 0. The molecule has 0 fully saturated rings. The minimum absolute atomic E-state index is 0.0443. The summed E-state index contributed by atoms with van der Waals surface area (Å²) < 4.78 is 4.80. The van der Waals surface area contributed by atoms with E-state index in [2.05, 4.69) is 32.0 Å². The van der Waals surface area contributed by atoms with E-state index < -0.39 is 0 Å². The van der Waals surface area contributed by atoms with E-state index in [0.717, 1.165) is 6.42 Å². The zero-order valence-corrected chi connectivity index (χ0v) is 12.7. The topological polar surface area (TPSA) is 50.1 Å². The van der Waals surface area contributed by atoms with Crippen LogP contribution in [0.15, 0.2) is 30.3 Å². The maximum atomic E-state index is 11.6. The summed E-state index contributed by atoms with van der Waals surface area (Å²) in [7, 11) is 1.41. The van der Waals surface area contributed by atoms with Gasteiger partial charge in [0.25, 0.3) is 0 Å². The molecule has 0 aliphatic heterocycles. The van der Waals surface area contributed by atoms with Crippen molar-refractivity contribution in [2.45, 2.75) is 39.5 Å². The highest BCUT2D eigenvalue weighted by Gasteiger charge is 2.34. The Kier molecular flexibility index (Phi) is 5.76. The van der Waals surface area contributed by atoms with E-state index in [1.165, 1.54) is 12.7 Å². The number of carbonyl (C=O) groups is 1. The van der Waals surface area contributed by atoms with Gasteiger partial charge in [0.05, 0.1) is 19.6 Å². The lowest BCUT2D eigenvalue weighted by Crippen LogP contribution is -2.27. The van der Waals surface area contributed by atoms with Crippen LogP contribution in [0.1, 0.15) is 45.1 Å². The number of esters is 1. The Morgan fingerprint density at radius 3 is 2.45 bits per heavy atom. The summed E-state index contributed by atoms with van der Waals surface area (Å²) >= 11 is 0. The van der Waals surface area contributed by atoms with Crippen molar-refractivity contribution in [3.8, 4) is 6.07 Å². The first-order valence-electron chi connectivity index (χ1n) is 6.92. The Morgan fingerprint density at radius 2 is 1.95 bits per heavy atom. The quantitative estimate of drug-likeness (QED) is 0.738. The number of carbonyl (C=O) groups excluding carboxylic acids is 1. The van der Waals surface area contributed by atoms with Crippen LogP contribution in [0.25, 0.3) is 0 Å². The van der Waals surface area contributed by atoms with Crippen molar-refractivity contribution in [3.05, 3.63) is 35.9 Å². The van der Waals surface area contributed by atoms with Crippen molar-refractivity contribution < 1.29 is 9.53 Å². The maximum absolute atomic E-state index is 11.6. The largest absolute Gasteiger partial charge is 0.469 e. The van der Waals surface area contributed by atoms with Crippen LogP contribution in [0.3, 0.4) is 0 Å². The Labute approximate surface area is 121 Å². The predicted molar refractivity (Wildman–Crippen MR) is 79.0 cm³/mol. The van der Waals surface area contributed by atoms with Gasteiger partial charge in [-0.1, -0.05) is 44.2 Å². The molecule has 2 atom stereocenters. The first kappa shape index (κ1) is 16.2. The minimum Gasteiger partial charge on any atom is -0.469 e. The first-order valence-corrected chi connectivity index (χ1v) is 6.92. The zero-order valence-electron chi connectivity index (χ0n) is 12.7. The summed E-state index contributed by atoms with van der Waals surface area (Å²) in [6.45, 7) is 6.04. The van der Waals surface area contributed by atoms with Crippen LogP contribution in [-0.2, 0) is 9.53 Å². The number of methoxy groups -OCH3 is 1. The summed E-state index contributed by atoms with van der Waals surface area (Å²) in [5.41, 5.74) is 0.919. The maximum Gasteiger partial charge on any atom is 0.306 e. The summed E-state index contributed by atoms with van der Waals surface area (Å²) in [4.78, 5) is 11.6. The van der Waals surface area contributed by atoms with Crippen LogP contribution >= 0.6 is 0 Å². The minimum atomic E-state index is -0.250. The van der Waals surface area contributed by atoms with Gasteiger partial charge in [-0.3, -0.25) is 4.79 Å². The van der Waals surface area contributed by atoms with E-state index >= 15 is 0 Å². The highest BCUT2D eigenvalue weighted by Crippen LogP contribution is 2.42. The van der Waals surface area contributed by atoms with Gasteiger partial charge >= 0.3 is 5.97 Å². The van der Waals surface area contributed by atoms with Gasteiger partial charge in [0.1, 0.15) is 0 Å². The molecule has 0 aliphatic carbocycles. The van der Waals surface area contributed by atoms with Crippen molar-refractivity contribution in [3.63, 3.8) is 0 Å². The van der Waals surface area contributed by atoms with Crippen molar-refractivity contribution in [2.24, 2.45) is 11.3 Å². The Balaban J connectivity index is 3.04. The smallest absolute Gasteiger partial charge is 0.306 e. The highest BCUT2D eigenvalue weighted by molar-refractivity contribution is 5.70. The molecule has 0 radical (unpaired) electrons. The van der Waals surface area contributed by atoms with E-state index in [1.807, 2.05) is 25.1 Å². The van der Waals surface area contributed by atoms with Crippen LogP contribution in [0, 0.1) is 22.7 Å². The lowest BCUT2D eigenvalue weighted by Gasteiger charge is -2.34. The van der Waals surface area contributed by atoms with Gasteiger partial charge in [0, 0.05) is 5.92 Å². The normalized spacial score (nSPS) is 14.2. The zero-order chi connectivity index (χ0) is 15.2. The third kappa shape index (κ3) is 4.38. The molecule has 108 valence electrons. The van der Waals surface area contributed by atoms with Crippen LogP contribution in [0.2, 0.25) is 0 Å². The second-order valence-electron chi connectivity index (χ2n) is 5.97. The fourth-order valence-corrected chi connectivity index (χ4v) is 2.57. The van der Waals surface area contributed by atoms with Crippen LogP contribution < -0.4 is 0 Å². The summed E-state index contributed by atoms with van der Waals surface area (Å²) in [6.07, 6.45) is 1.09. The van der Waals surface area contributed by atoms with Crippen LogP contribution in [-0.4, -0.2) is 13.1 Å². The molecule has 0 aromatic heterocycles. The number of nitriles is 1. The van der Waals surface area contributed by atoms with Gasteiger partial charge in [-0.2, -0.15) is 5.26 Å². The van der Waals surface area contributed by atoms with Crippen molar-refractivity contribution in [2.75, 3.05) is 7.11 Å². The summed E-state index contributed by atoms with van der Waals surface area (Å²) in [5.74, 6) is -0.102. The molecule has 3 nitrogen and oxygen atoms in total. The molecule has 20 heavy (non-hydrogen) atoms. The number of ether oxygens (including phenoxy) is 1. The lowest BCUT2D eigenvalue weighted by molar-refractivity contribution is -0.143. The molecule has 0 saturated heterocycles. The van der Waals surface area contributed by atoms with Gasteiger partial charge < -0.3 is 4.74 Å². The van der Waals surface area contributed by atoms with Crippen LogP contribution in [0.5, 0.6) is 0 Å². The van der Waals surface area contributed by atoms with Gasteiger partial charge in [-0.15, -0.1) is 0 Å². The average Bonchev–Trinajstić information content (AvgIpc) is 2.44. The van der Waals surface area contributed by atoms with Gasteiger partial charge in [-0.25, -0.2) is 0 Å².